The van der Waals surface area contributed by atoms with E-state index in [-0.39, 0.29) is 5.91 Å². The summed E-state index contributed by atoms with van der Waals surface area (Å²) in [6.07, 6.45) is 4.24. The van der Waals surface area contributed by atoms with Gasteiger partial charge in [-0.05, 0) is 24.3 Å². The number of aromatic amines is 1. The number of carbonyl (C=O) groups is 1. The lowest BCUT2D eigenvalue weighted by atomic mass is 10.3. The summed E-state index contributed by atoms with van der Waals surface area (Å²) in [6, 6.07) is 13.5. The van der Waals surface area contributed by atoms with Crippen LogP contribution in [-0.2, 0) is 6.42 Å². The molecule has 0 saturated carbocycles. The van der Waals surface area contributed by atoms with E-state index in [0.29, 0.717) is 18.7 Å². The summed E-state index contributed by atoms with van der Waals surface area (Å²) >= 11 is 0. The summed E-state index contributed by atoms with van der Waals surface area (Å²) in [5.74, 6) is 0.686. The van der Waals surface area contributed by atoms with Gasteiger partial charge in [-0.1, -0.05) is 18.2 Å². The maximum atomic E-state index is 12.2. The number of H-pyrrole nitrogens is 1. The molecule has 0 aliphatic heterocycles. The SMILES string of the molecule is O=C(NCCc1nc2ccccc2[nH]1)c1cn2ccccc2n1. The number of fused-ring (bicyclic) bond motifs is 2. The predicted molar refractivity (Wildman–Crippen MR) is 87.3 cm³/mol. The lowest BCUT2D eigenvalue weighted by Gasteiger charge is -2.00. The molecule has 0 spiro atoms. The van der Waals surface area contributed by atoms with Gasteiger partial charge in [-0.3, -0.25) is 4.79 Å². The highest BCUT2D eigenvalue weighted by atomic mass is 16.1. The Balaban J connectivity index is 1.41. The van der Waals surface area contributed by atoms with E-state index < -0.39 is 0 Å². The second-order valence-electron chi connectivity index (χ2n) is 5.30. The van der Waals surface area contributed by atoms with Crippen molar-refractivity contribution >= 4 is 22.6 Å². The number of nitrogens with one attached hydrogen (secondary N) is 2. The molecular formula is C17H15N5O. The minimum absolute atomic E-state index is 0.176. The second kappa shape index (κ2) is 5.57. The van der Waals surface area contributed by atoms with Crippen molar-refractivity contribution in [2.75, 3.05) is 6.54 Å². The van der Waals surface area contributed by atoms with Crippen LogP contribution >= 0.6 is 0 Å². The van der Waals surface area contributed by atoms with Gasteiger partial charge in [-0.2, -0.15) is 0 Å². The van der Waals surface area contributed by atoms with Gasteiger partial charge in [0.15, 0.2) is 0 Å². The van der Waals surface area contributed by atoms with Gasteiger partial charge in [0.2, 0.25) is 0 Å². The first-order chi connectivity index (χ1) is 11.3. The van der Waals surface area contributed by atoms with E-state index in [1.165, 1.54) is 0 Å². The number of hydrogen-bond donors (Lipinski definition) is 2. The Kier molecular flexibility index (Phi) is 3.27. The molecule has 2 N–H and O–H groups in total. The van der Waals surface area contributed by atoms with E-state index in [9.17, 15) is 4.79 Å². The third-order valence-corrected chi connectivity index (χ3v) is 3.68. The van der Waals surface area contributed by atoms with Crippen LogP contribution < -0.4 is 5.32 Å². The van der Waals surface area contributed by atoms with Crippen LogP contribution in [0.2, 0.25) is 0 Å². The molecule has 4 rings (SSSR count). The van der Waals surface area contributed by atoms with Crippen LogP contribution in [0.1, 0.15) is 16.3 Å². The molecule has 3 aromatic heterocycles. The lowest BCUT2D eigenvalue weighted by Crippen LogP contribution is -2.26. The molecule has 0 aliphatic carbocycles. The molecule has 0 aliphatic rings. The number of rotatable bonds is 4. The summed E-state index contributed by atoms with van der Waals surface area (Å²) < 4.78 is 1.83. The molecule has 0 saturated heterocycles. The van der Waals surface area contributed by atoms with Crippen molar-refractivity contribution in [3.8, 4) is 0 Å². The smallest absolute Gasteiger partial charge is 0.271 e. The van der Waals surface area contributed by atoms with Crippen LogP contribution in [0.3, 0.4) is 0 Å². The van der Waals surface area contributed by atoms with Gasteiger partial charge in [-0.25, -0.2) is 9.97 Å². The van der Waals surface area contributed by atoms with Gasteiger partial charge < -0.3 is 14.7 Å². The van der Waals surface area contributed by atoms with Crippen LogP contribution in [0.5, 0.6) is 0 Å². The topological polar surface area (TPSA) is 75.1 Å². The minimum atomic E-state index is -0.176. The molecule has 3 heterocycles. The molecule has 23 heavy (non-hydrogen) atoms. The van der Waals surface area contributed by atoms with Crippen molar-refractivity contribution in [3.63, 3.8) is 0 Å². The molecule has 0 bridgehead atoms. The first-order valence-electron chi connectivity index (χ1n) is 7.45. The third-order valence-electron chi connectivity index (χ3n) is 3.68. The van der Waals surface area contributed by atoms with Crippen molar-refractivity contribution in [3.05, 3.63) is 66.4 Å². The molecule has 0 atom stereocenters. The van der Waals surface area contributed by atoms with E-state index in [4.69, 9.17) is 0 Å². The predicted octanol–water partition coefficient (Wildman–Crippen LogP) is 2.18. The van der Waals surface area contributed by atoms with Gasteiger partial charge in [0.25, 0.3) is 5.91 Å². The number of amides is 1. The standard InChI is InChI=1S/C17H15N5O/c23-17(14-11-22-10-4-3-7-16(22)21-14)18-9-8-15-19-12-5-1-2-6-13(12)20-15/h1-7,10-11H,8-9H2,(H,18,23)(H,19,20). The second-order valence-corrected chi connectivity index (χ2v) is 5.30. The fraction of sp³-hybridized carbons (Fsp3) is 0.118. The Hall–Kier alpha value is -3.15. The van der Waals surface area contributed by atoms with E-state index in [2.05, 4.69) is 20.3 Å². The minimum Gasteiger partial charge on any atom is -0.350 e. The van der Waals surface area contributed by atoms with Crippen molar-refractivity contribution < 1.29 is 4.79 Å². The summed E-state index contributed by atoms with van der Waals surface area (Å²) in [5, 5.41) is 2.88. The zero-order valence-electron chi connectivity index (χ0n) is 12.4. The van der Waals surface area contributed by atoms with Crippen molar-refractivity contribution in [1.29, 1.82) is 0 Å². The highest BCUT2D eigenvalue weighted by molar-refractivity contribution is 5.92. The van der Waals surface area contributed by atoms with Crippen LogP contribution in [0, 0.1) is 0 Å². The molecule has 4 aromatic rings. The number of imidazole rings is 2. The third kappa shape index (κ3) is 2.66. The Morgan fingerprint density at radius 1 is 1.13 bits per heavy atom. The Morgan fingerprint density at radius 3 is 2.87 bits per heavy atom. The van der Waals surface area contributed by atoms with Gasteiger partial charge in [0.05, 0.1) is 11.0 Å². The maximum absolute atomic E-state index is 12.2. The first kappa shape index (κ1) is 13.5. The number of benzene rings is 1. The number of para-hydroxylation sites is 2. The number of hydrogen-bond acceptors (Lipinski definition) is 3. The Morgan fingerprint density at radius 2 is 2.00 bits per heavy atom. The van der Waals surface area contributed by atoms with Gasteiger partial charge >= 0.3 is 0 Å². The molecule has 114 valence electrons. The summed E-state index contributed by atoms with van der Waals surface area (Å²) in [4.78, 5) is 24.2. The zero-order chi connectivity index (χ0) is 15.6. The van der Waals surface area contributed by atoms with Crippen LogP contribution in [0.4, 0.5) is 0 Å². The van der Waals surface area contributed by atoms with E-state index in [1.807, 2.05) is 53.1 Å². The monoisotopic (exact) mass is 305 g/mol. The molecule has 0 radical (unpaired) electrons. The molecule has 0 fully saturated rings. The molecule has 0 unspecified atom stereocenters. The Labute approximate surface area is 132 Å². The zero-order valence-corrected chi connectivity index (χ0v) is 12.4. The van der Waals surface area contributed by atoms with Crippen LogP contribution in [0.15, 0.2) is 54.9 Å². The average molecular weight is 305 g/mol. The lowest BCUT2D eigenvalue weighted by molar-refractivity contribution is 0.0949. The van der Waals surface area contributed by atoms with E-state index in [0.717, 1.165) is 22.5 Å². The number of nitrogens with zero attached hydrogens (tertiary/aromatic N) is 3. The van der Waals surface area contributed by atoms with Crippen LogP contribution in [-0.4, -0.2) is 31.8 Å². The average Bonchev–Trinajstić information content (AvgIpc) is 3.18. The van der Waals surface area contributed by atoms with E-state index in [1.54, 1.807) is 6.20 Å². The first-order valence-corrected chi connectivity index (χ1v) is 7.45. The molecule has 6 nitrogen and oxygen atoms in total. The molecule has 6 heteroatoms. The maximum Gasteiger partial charge on any atom is 0.271 e. The summed E-state index contributed by atoms with van der Waals surface area (Å²) in [5.41, 5.74) is 3.12. The van der Waals surface area contributed by atoms with E-state index >= 15 is 0 Å². The van der Waals surface area contributed by atoms with Gasteiger partial charge in [-0.15, -0.1) is 0 Å². The summed E-state index contributed by atoms with van der Waals surface area (Å²) in [6.45, 7) is 0.506. The van der Waals surface area contributed by atoms with Crippen molar-refractivity contribution in [2.45, 2.75) is 6.42 Å². The number of pyridine rings is 1. The fourth-order valence-corrected chi connectivity index (χ4v) is 2.55. The highest BCUT2D eigenvalue weighted by Crippen LogP contribution is 2.10. The number of carbonyl (C=O) groups excluding carboxylic acids is 1. The fourth-order valence-electron chi connectivity index (χ4n) is 2.55. The number of aromatic nitrogens is 4. The molecular weight excluding hydrogens is 290 g/mol. The van der Waals surface area contributed by atoms with Gasteiger partial charge in [0, 0.05) is 25.4 Å². The Bertz CT molecular complexity index is 919. The normalized spacial score (nSPS) is 11.1. The molecule has 1 amide bonds. The van der Waals surface area contributed by atoms with Crippen molar-refractivity contribution in [2.24, 2.45) is 0 Å². The highest BCUT2D eigenvalue weighted by Gasteiger charge is 2.10. The molecule has 1 aromatic carbocycles. The van der Waals surface area contributed by atoms with Crippen molar-refractivity contribution in [1.82, 2.24) is 24.7 Å². The quantitative estimate of drug-likeness (QED) is 0.607. The summed E-state index contributed by atoms with van der Waals surface area (Å²) in [7, 11) is 0. The van der Waals surface area contributed by atoms with Gasteiger partial charge in [0.1, 0.15) is 17.2 Å². The van der Waals surface area contributed by atoms with Crippen LogP contribution in [0.25, 0.3) is 16.7 Å². The largest absolute Gasteiger partial charge is 0.350 e.